The summed E-state index contributed by atoms with van der Waals surface area (Å²) in [5.74, 6) is -1.19. The van der Waals surface area contributed by atoms with Gasteiger partial charge in [0, 0.05) is 19.6 Å². The molecule has 140 valence electrons. The van der Waals surface area contributed by atoms with Gasteiger partial charge in [-0.05, 0) is 23.1 Å². The smallest absolute Gasteiger partial charge is 0.323 e. The van der Waals surface area contributed by atoms with E-state index in [1.807, 2.05) is 25.7 Å². The van der Waals surface area contributed by atoms with E-state index < -0.39 is 22.0 Å². The maximum absolute atomic E-state index is 12.5. The molecule has 2 N–H and O–H groups in total. The zero-order chi connectivity index (χ0) is 18.7. The Balaban J connectivity index is 2.12. The Labute approximate surface area is 149 Å². The van der Waals surface area contributed by atoms with Gasteiger partial charge in [-0.2, -0.15) is 4.72 Å². The minimum absolute atomic E-state index is 0.0636. The van der Waals surface area contributed by atoms with Gasteiger partial charge >= 0.3 is 5.97 Å². The molecular weight excluding hydrogens is 344 g/mol. The average Bonchev–Trinajstić information content (AvgIpc) is 2.54. The lowest BCUT2D eigenvalue weighted by Gasteiger charge is -2.29. The SMILES string of the molecule is CC(C)(C)c1ccc(S(=O)(=O)NC(CN2CCOCC2)C(=O)O)cc1. The third-order valence-electron chi connectivity index (χ3n) is 4.17. The molecule has 8 heteroatoms. The van der Waals surface area contributed by atoms with Crippen LogP contribution in [0.25, 0.3) is 0 Å². The molecule has 1 aliphatic rings. The van der Waals surface area contributed by atoms with E-state index in [1.54, 1.807) is 12.1 Å². The van der Waals surface area contributed by atoms with Gasteiger partial charge in [0.15, 0.2) is 0 Å². The number of aliphatic carboxylic acids is 1. The number of carbonyl (C=O) groups is 1. The Hall–Kier alpha value is -1.48. The summed E-state index contributed by atoms with van der Waals surface area (Å²) in [6, 6.07) is 5.33. The van der Waals surface area contributed by atoms with Crippen molar-refractivity contribution in [3.05, 3.63) is 29.8 Å². The number of ether oxygens (including phenoxy) is 1. The van der Waals surface area contributed by atoms with Gasteiger partial charge in [-0.3, -0.25) is 9.69 Å². The van der Waals surface area contributed by atoms with Crippen molar-refractivity contribution in [2.75, 3.05) is 32.8 Å². The fourth-order valence-corrected chi connectivity index (χ4v) is 3.78. The summed E-state index contributed by atoms with van der Waals surface area (Å²) in [6.45, 7) is 8.45. The van der Waals surface area contributed by atoms with Crippen LogP contribution in [0.4, 0.5) is 0 Å². The van der Waals surface area contributed by atoms with E-state index in [-0.39, 0.29) is 16.9 Å². The van der Waals surface area contributed by atoms with Gasteiger partial charge in [-0.15, -0.1) is 0 Å². The number of nitrogens with one attached hydrogen (secondary N) is 1. The molecule has 1 heterocycles. The molecule has 0 amide bonds. The summed E-state index contributed by atoms with van der Waals surface area (Å²) in [6.07, 6.45) is 0. The Morgan fingerprint density at radius 1 is 1.24 bits per heavy atom. The Morgan fingerprint density at radius 3 is 2.28 bits per heavy atom. The van der Waals surface area contributed by atoms with Crippen LogP contribution in [0.2, 0.25) is 0 Å². The molecule has 2 rings (SSSR count). The predicted molar refractivity (Wildman–Crippen MR) is 94.1 cm³/mol. The van der Waals surface area contributed by atoms with Crippen molar-refractivity contribution in [3.8, 4) is 0 Å². The largest absolute Gasteiger partial charge is 0.480 e. The molecule has 0 radical (unpaired) electrons. The highest BCUT2D eigenvalue weighted by atomic mass is 32.2. The van der Waals surface area contributed by atoms with Crippen LogP contribution < -0.4 is 4.72 Å². The summed E-state index contributed by atoms with van der Waals surface area (Å²) in [7, 11) is -3.91. The first kappa shape index (κ1) is 19.8. The van der Waals surface area contributed by atoms with Crippen molar-refractivity contribution < 1.29 is 23.1 Å². The minimum atomic E-state index is -3.91. The summed E-state index contributed by atoms with van der Waals surface area (Å²) < 4.78 is 32.6. The fraction of sp³-hybridized carbons (Fsp3) is 0.588. The van der Waals surface area contributed by atoms with Gasteiger partial charge in [0.05, 0.1) is 18.1 Å². The highest BCUT2D eigenvalue weighted by Gasteiger charge is 2.28. The number of carboxylic acids is 1. The van der Waals surface area contributed by atoms with Crippen LogP contribution in [0.15, 0.2) is 29.2 Å². The Kier molecular flexibility index (Phi) is 6.21. The third kappa shape index (κ3) is 5.50. The van der Waals surface area contributed by atoms with Crippen molar-refractivity contribution in [2.45, 2.75) is 37.1 Å². The maximum Gasteiger partial charge on any atom is 0.323 e. The van der Waals surface area contributed by atoms with Crippen molar-refractivity contribution in [3.63, 3.8) is 0 Å². The van der Waals surface area contributed by atoms with E-state index in [9.17, 15) is 18.3 Å². The zero-order valence-corrected chi connectivity index (χ0v) is 15.7. The number of carboxylic acid groups (broad SMARTS) is 1. The van der Waals surface area contributed by atoms with Gasteiger partial charge in [-0.25, -0.2) is 8.42 Å². The lowest BCUT2D eigenvalue weighted by molar-refractivity contribution is -0.139. The second kappa shape index (κ2) is 7.82. The molecule has 25 heavy (non-hydrogen) atoms. The number of hydrogen-bond donors (Lipinski definition) is 2. The fourth-order valence-electron chi connectivity index (χ4n) is 2.60. The van der Waals surface area contributed by atoms with Gasteiger partial charge in [0.2, 0.25) is 10.0 Å². The molecule has 0 bridgehead atoms. The Bertz CT molecular complexity index is 689. The Morgan fingerprint density at radius 2 is 1.80 bits per heavy atom. The number of rotatable bonds is 6. The number of benzene rings is 1. The van der Waals surface area contributed by atoms with Gasteiger partial charge < -0.3 is 9.84 Å². The first-order chi connectivity index (χ1) is 11.6. The monoisotopic (exact) mass is 370 g/mol. The van der Waals surface area contributed by atoms with Crippen LogP contribution in [-0.2, 0) is 25.0 Å². The molecule has 1 aromatic carbocycles. The summed E-state index contributed by atoms with van der Waals surface area (Å²) in [4.78, 5) is 13.4. The molecule has 1 atom stereocenters. The maximum atomic E-state index is 12.5. The highest BCUT2D eigenvalue weighted by Crippen LogP contribution is 2.23. The van der Waals surface area contributed by atoms with Crippen LogP contribution in [0.3, 0.4) is 0 Å². The number of sulfonamides is 1. The topological polar surface area (TPSA) is 95.9 Å². The van der Waals surface area contributed by atoms with E-state index in [4.69, 9.17) is 4.74 Å². The molecule has 0 saturated carbocycles. The first-order valence-corrected chi connectivity index (χ1v) is 9.74. The average molecular weight is 370 g/mol. The lowest BCUT2D eigenvalue weighted by atomic mass is 9.87. The highest BCUT2D eigenvalue weighted by molar-refractivity contribution is 7.89. The van der Waals surface area contributed by atoms with Crippen LogP contribution in [0, 0.1) is 0 Å². The van der Waals surface area contributed by atoms with Gasteiger partial charge in [-0.1, -0.05) is 32.9 Å². The van der Waals surface area contributed by atoms with Crippen molar-refractivity contribution in [1.29, 1.82) is 0 Å². The summed E-state index contributed by atoms with van der Waals surface area (Å²) in [5.41, 5.74) is 0.921. The van der Waals surface area contributed by atoms with Crippen LogP contribution in [0.1, 0.15) is 26.3 Å². The molecule has 0 spiro atoms. The summed E-state index contributed by atoms with van der Waals surface area (Å²) in [5, 5.41) is 9.38. The molecule has 1 unspecified atom stereocenters. The molecule has 7 nitrogen and oxygen atoms in total. The minimum Gasteiger partial charge on any atom is -0.480 e. The van der Waals surface area contributed by atoms with Crippen molar-refractivity contribution in [2.24, 2.45) is 0 Å². The molecule has 0 aromatic heterocycles. The van der Waals surface area contributed by atoms with Crippen LogP contribution >= 0.6 is 0 Å². The van der Waals surface area contributed by atoms with Crippen LogP contribution in [-0.4, -0.2) is 63.3 Å². The zero-order valence-electron chi connectivity index (χ0n) is 14.9. The van der Waals surface area contributed by atoms with E-state index in [2.05, 4.69) is 4.72 Å². The third-order valence-corrected chi connectivity index (χ3v) is 5.66. The van der Waals surface area contributed by atoms with Crippen molar-refractivity contribution in [1.82, 2.24) is 9.62 Å². The standard InChI is InChI=1S/C17H26N2O5S/c1-17(2,3)13-4-6-14(7-5-13)25(22,23)18-15(16(20)21)12-19-8-10-24-11-9-19/h4-7,15,18H,8-12H2,1-3H3,(H,20,21). The second-order valence-electron chi connectivity index (χ2n) is 7.20. The molecular formula is C17H26N2O5S. The van der Waals surface area contributed by atoms with Crippen LogP contribution in [0.5, 0.6) is 0 Å². The number of hydrogen-bond acceptors (Lipinski definition) is 5. The molecule has 1 saturated heterocycles. The number of nitrogens with zero attached hydrogens (tertiary/aromatic N) is 1. The molecule has 1 aromatic rings. The summed E-state index contributed by atoms with van der Waals surface area (Å²) >= 11 is 0. The van der Waals surface area contributed by atoms with Gasteiger partial charge in [0.1, 0.15) is 6.04 Å². The van der Waals surface area contributed by atoms with E-state index in [1.165, 1.54) is 12.1 Å². The van der Waals surface area contributed by atoms with Gasteiger partial charge in [0.25, 0.3) is 0 Å². The second-order valence-corrected chi connectivity index (χ2v) is 8.91. The predicted octanol–water partition coefficient (Wildman–Crippen LogP) is 1.05. The molecule has 0 aliphatic carbocycles. The first-order valence-electron chi connectivity index (χ1n) is 8.25. The number of morpholine rings is 1. The molecule has 1 aliphatic heterocycles. The lowest BCUT2D eigenvalue weighted by Crippen LogP contribution is -2.50. The quantitative estimate of drug-likeness (QED) is 0.777. The normalized spacial score (nSPS) is 18.0. The van der Waals surface area contributed by atoms with Crippen molar-refractivity contribution >= 4 is 16.0 Å². The van der Waals surface area contributed by atoms with E-state index in [0.29, 0.717) is 26.3 Å². The van der Waals surface area contributed by atoms with E-state index >= 15 is 0 Å². The molecule has 1 fully saturated rings. The van der Waals surface area contributed by atoms with E-state index in [0.717, 1.165) is 5.56 Å².